The van der Waals surface area contributed by atoms with Crippen LogP contribution in [-0.2, 0) is 11.0 Å². The van der Waals surface area contributed by atoms with E-state index in [9.17, 15) is 0 Å². The second-order valence-electron chi connectivity index (χ2n) is 6.17. The molecule has 0 saturated heterocycles. The van der Waals surface area contributed by atoms with Gasteiger partial charge in [0.05, 0.1) is 15.2 Å². The monoisotopic (exact) mass is 248 g/mol. The number of benzene rings is 1. The molecule has 1 aromatic carbocycles. The third kappa shape index (κ3) is 2.50. The molecule has 0 saturated carbocycles. The normalized spacial score (nSPS) is 13.3. The number of rotatable bonds is 1. The van der Waals surface area contributed by atoms with E-state index >= 15 is 0 Å². The van der Waals surface area contributed by atoms with E-state index in [0.717, 1.165) is 11.1 Å². The fourth-order valence-electron chi connectivity index (χ4n) is 1.65. The summed E-state index contributed by atoms with van der Waals surface area (Å²) in [6, 6.07) is 6.32. The first-order valence-corrected chi connectivity index (χ1v) is 6.70. The Kier molecular flexibility index (Phi) is 2.79. The molecule has 2 rings (SSSR count). The van der Waals surface area contributed by atoms with E-state index in [4.69, 9.17) is 5.73 Å². The number of aromatic nitrogens is 1. The molecular weight excluding hydrogens is 228 g/mol. The maximum absolute atomic E-state index is 6.12. The SMILES string of the molecule is CC(C)(C)c1nc2ccc(C(C)(C)N)cc2s1. The van der Waals surface area contributed by atoms with E-state index in [-0.39, 0.29) is 11.0 Å². The molecule has 0 fully saturated rings. The Bertz CT molecular complexity index is 529. The van der Waals surface area contributed by atoms with Gasteiger partial charge >= 0.3 is 0 Å². The minimum Gasteiger partial charge on any atom is -0.322 e. The van der Waals surface area contributed by atoms with Gasteiger partial charge in [0.2, 0.25) is 0 Å². The van der Waals surface area contributed by atoms with Crippen molar-refractivity contribution in [3.05, 3.63) is 28.8 Å². The minimum atomic E-state index is -0.292. The first kappa shape index (κ1) is 12.5. The first-order valence-electron chi connectivity index (χ1n) is 5.88. The van der Waals surface area contributed by atoms with Crippen LogP contribution in [0.1, 0.15) is 45.2 Å². The van der Waals surface area contributed by atoms with Gasteiger partial charge in [-0.15, -0.1) is 11.3 Å². The van der Waals surface area contributed by atoms with Gasteiger partial charge in [-0.2, -0.15) is 0 Å². The van der Waals surface area contributed by atoms with Crippen molar-refractivity contribution in [2.24, 2.45) is 5.73 Å². The molecule has 0 unspecified atom stereocenters. The number of hydrogen-bond donors (Lipinski definition) is 1. The average Bonchev–Trinajstić information content (AvgIpc) is 2.57. The molecule has 0 amide bonds. The fourth-order valence-corrected chi connectivity index (χ4v) is 2.71. The fraction of sp³-hybridized carbons (Fsp3) is 0.500. The van der Waals surface area contributed by atoms with E-state index < -0.39 is 0 Å². The minimum absolute atomic E-state index is 0.113. The molecule has 3 heteroatoms. The summed E-state index contributed by atoms with van der Waals surface area (Å²) in [5, 5.41) is 1.18. The lowest BCUT2D eigenvalue weighted by Crippen LogP contribution is -2.28. The molecular formula is C14H20N2S. The van der Waals surface area contributed by atoms with E-state index in [2.05, 4.69) is 44.0 Å². The molecule has 92 valence electrons. The summed E-state index contributed by atoms with van der Waals surface area (Å²) in [4.78, 5) is 4.68. The van der Waals surface area contributed by atoms with Crippen molar-refractivity contribution >= 4 is 21.6 Å². The van der Waals surface area contributed by atoms with Gasteiger partial charge in [-0.05, 0) is 31.5 Å². The van der Waals surface area contributed by atoms with Crippen LogP contribution in [0.4, 0.5) is 0 Å². The zero-order valence-electron chi connectivity index (χ0n) is 11.2. The summed E-state index contributed by atoms with van der Waals surface area (Å²) in [7, 11) is 0. The van der Waals surface area contributed by atoms with Crippen molar-refractivity contribution in [2.75, 3.05) is 0 Å². The van der Waals surface area contributed by atoms with E-state index in [1.807, 2.05) is 13.8 Å². The number of hydrogen-bond acceptors (Lipinski definition) is 3. The van der Waals surface area contributed by atoms with Crippen LogP contribution in [0.3, 0.4) is 0 Å². The zero-order chi connectivity index (χ0) is 12.8. The van der Waals surface area contributed by atoms with Gasteiger partial charge < -0.3 is 5.73 Å². The van der Waals surface area contributed by atoms with Gasteiger partial charge in [0.15, 0.2) is 0 Å². The summed E-state index contributed by atoms with van der Waals surface area (Å²) >= 11 is 1.77. The van der Waals surface area contributed by atoms with Crippen molar-refractivity contribution in [2.45, 2.75) is 45.6 Å². The lowest BCUT2D eigenvalue weighted by atomic mass is 9.96. The van der Waals surface area contributed by atoms with Crippen molar-refractivity contribution in [3.63, 3.8) is 0 Å². The molecule has 0 spiro atoms. The van der Waals surface area contributed by atoms with Gasteiger partial charge in [0, 0.05) is 11.0 Å². The van der Waals surface area contributed by atoms with Crippen LogP contribution in [-0.4, -0.2) is 4.98 Å². The summed E-state index contributed by atoms with van der Waals surface area (Å²) in [6.45, 7) is 10.6. The van der Waals surface area contributed by atoms with E-state index in [0.29, 0.717) is 0 Å². The smallest absolute Gasteiger partial charge is 0.0992 e. The lowest BCUT2D eigenvalue weighted by Gasteiger charge is -2.18. The van der Waals surface area contributed by atoms with Gasteiger partial charge in [0.1, 0.15) is 0 Å². The summed E-state index contributed by atoms with van der Waals surface area (Å²) in [5.74, 6) is 0. The quantitative estimate of drug-likeness (QED) is 0.834. The number of nitrogens with two attached hydrogens (primary N) is 1. The molecule has 0 radical (unpaired) electrons. The molecule has 2 N–H and O–H groups in total. The molecule has 0 aliphatic heterocycles. The standard InChI is InChI=1S/C14H20N2S/c1-13(2,3)12-16-10-7-6-9(14(4,5)15)8-11(10)17-12/h6-8H,15H2,1-5H3. The summed E-state index contributed by atoms with van der Waals surface area (Å²) in [6.07, 6.45) is 0. The Morgan fingerprint density at radius 2 is 1.76 bits per heavy atom. The predicted molar refractivity (Wildman–Crippen MR) is 75.5 cm³/mol. The highest BCUT2D eigenvalue weighted by atomic mass is 32.1. The first-order chi connectivity index (χ1) is 7.68. The van der Waals surface area contributed by atoms with Gasteiger partial charge in [-0.25, -0.2) is 4.98 Å². The Morgan fingerprint density at radius 1 is 1.12 bits per heavy atom. The predicted octanol–water partition coefficient (Wildman–Crippen LogP) is 3.79. The number of nitrogens with zero attached hydrogens (tertiary/aromatic N) is 1. The van der Waals surface area contributed by atoms with Crippen molar-refractivity contribution in [1.82, 2.24) is 4.98 Å². The van der Waals surface area contributed by atoms with Crippen LogP contribution < -0.4 is 5.73 Å². The number of thiazole rings is 1. The molecule has 0 atom stereocenters. The van der Waals surface area contributed by atoms with Gasteiger partial charge in [-0.1, -0.05) is 26.8 Å². The van der Waals surface area contributed by atoms with Crippen LogP contribution in [0.5, 0.6) is 0 Å². The molecule has 17 heavy (non-hydrogen) atoms. The second kappa shape index (κ2) is 3.79. The molecule has 2 aromatic rings. The third-order valence-electron chi connectivity index (χ3n) is 2.77. The molecule has 0 bridgehead atoms. The summed E-state index contributed by atoms with van der Waals surface area (Å²) < 4.78 is 1.23. The molecule has 1 aromatic heterocycles. The highest BCUT2D eigenvalue weighted by Gasteiger charge is 2.20. The summed E-state index contributed by atoms with van der Waals surface area (Å²) in [5.41, 5.74) is 8.18. The Morgan fingerprint density at radius 3 is 2.29 bits per heavy atom. The van der Waals surface area contributed by atoms with Gasteiger partial charge in [-0.3, -0.25) is 0 Å². The van der Waals surface area contributed by atoms with Crippen LogP contribution in [0.25, 0.3) is 10.2 Å². The van der Waals surface area contributed by atoms with E-state index in [1.165, 1.54) is 9.71 Å². The Hall–Kier alpha value is -0.930. The lowest BCUT2D eigenvalue weighted by molar-refractivity contribution is 0.555. The zero-order valence-corrected chi connectivity index (χ0v) is 12.0. The maximum Gasteiger partial charge on any atom is 0.0992 e. The largest absolute Gasteiger partial charge is 0.322 e. The van der Waals surface area contributed by atoms with Crippen LogP contribution in [0.2, 0.25) is 0 Å². The van der Waals surface area contributed by atoms with E-state index in [1.54, 1.807) is 11.3 Å². The molecule has 0 aliphatic carbocycles. The maximum atomic E-state index is 6.12. The topological polar surface area (TPSA) is 38.9 Å². The molecule has 1 heterocycles. The van der Waals surface area contributed by atoms with Crippen molar-refractivity contribution in [1.29, 1.82) is 0 Å². The van der Waals surface area contributed by atoms with Crippen LogP contribution in [0, 0.1) is 0 Å². The van der Waals surface area contributed by atoms with Crippen molar-refractivity contribution < 1.29 is 0 Å². The highest BCUT2D eigenvalue weighted by molar-refractivity contribution is 7.18. The van der Waals surface area contributed by atoms with Gasteiger partial charge in [0.25, 0.3) is 0 Å². The second-order valence-corrected chi connectivity index (χ2v) is 7.20. The third-order valence-corrected chi connectivity index (χ3v) is 4.22. The number of fused-ring (bicyclic) bond motifs is 1. The van der Waals surface area contributed by atoms with Crippen molar-refractivity contribution in [3.8, 4) is 0 Å². The molecule has 0 aliphatic rings. The molecule has 2 nitrogen and oxygen atoms in total. The Balaban J connectivity index is 2.56. The van der Waals surface area contributed by atoms with Crippen LogP contribution in [0.15, 0.2) is 18.2 Å². The van der Waals surface area contributed by atoms with Crippen LogP contribution >= 0.6 is 11.3 Å². The highest BCUT2D eigenvalue weighted by Crippen LogP contribution is 2.32. The Labute approximate surface area is 107 Å². The average molecular weight is 248 g/mol.